The Morgan fingerprint density at radius 2 is 2.09 bits per heavy atom. The van der Waals surface area contributed by atoms with E-state index in [0.29, 0.717) is 12.0 Å². The summed E-state index contributed by atoms with van der Waals surface area (Å²) in [5.41, 5.74) is 0.970. The van der Waals surface area contributed by atoms with Crippen LogP contribution >= 0.6 is 0 Å². The molecule has 5 nitrogen and oxygen atoms in total. The lowest BCUT2D eigenvalue weighted by Crippen LogP contribution is -2.48. The highest BCUT2D eigenvalue weighted by Crippen LogP contribution is 2.25. The zero-order valence-electron chi connectivity index (χ0n) is 14.3. The number of hydrogen-bond acceptors (Lipinski definition) is 4. The molecule has 1 aromatic heterocycles. The second kappa shape index (κ2) is 7.28. The van der Waals surface area contributed by atoms with Crippen molar-refractivity contribution in [2.75, 3.05) is 18.0 Å². The summed E-state index contributed by atoms with van der Waals surface area (Å²) in [6, 6.07) is 2.27. The number of carbonyl (C=O) groups is 1. The molecule has 1 saturated heterocycles. The second-order valence-corrected chi connectivity index (χ2v) is 7.16. The SMILES string of the molecule is Cc1ccnc(N2CCC[C@H](C(=O)N[C@H]3CCCC[C@H]3C)C2)n1. The zero-order chi connectivity index (χ0) is 16.2. The number of rotatable bonds is 3. The Kier molecular flexibility index (Phi) is 5.13. The molecule has 0 bridgehead atoms. The van der Waals surface area contributed by atoms with E-state index in [2.05, 4.69) is 27.1 Å². The Hall–Kier alpha value is -1.65. The first-order valence-electron chi connectivity index (χ1n) is 8.98. The van der Waals surface area contributed by atoms with E-state index in [0.717, 1.165) is 44.0 Å². The minimum Gasteiger partial charge on any atom is -0.353 e. The summed E-state index contributed by atoms with van der Waals surface area (Å²) in [4.78, 5) is 23.7. The van der Waals surface area contributed by atoms with E-state index < -0.39 is 0 Å². The molecule has 1 amide bonds. The second-order valence-electron chi connectivity index (χ2n) is 7.16. The number of piperidine rings is 1. The summed E-state index contributed by atoms with van der Waals surface area (Å²) in [6.45, 7) is 5.91. The van der Waals surface area contributed by atoms with Gasteiger partial charge in [0.05, 0.1) is 5.92 Å². The van der Waals surface area contributed by atoms with Gasteiger partial charge in [-0.1, -0.05) is 19.8 Å². The number of hydrogen-bond donors (Lipinski definition) is 1. The number of nitrogens with one attached hydrogen (secondary N) is 1. The van der Waals surface area contributed by atoms with E-state index in [9.17, 15) is 4.79 Å². The van der Waals surface area contributed by atoms with Crippen molar-refractivity contribution in [3.63, 3.8) is 0 Å². The molecule has 0 spiro atoms. The Bertz CT molecular complexity index is 548. The van der Waals surface area contributed by atoms with Crippen molar-refractivity contribution in [1.82, 2.24) is 15.3 Å². The van der Waals surface area contributed by atoms with Gasteiger partial charge in [-0.2, -0.15) is 0 Å². The van der Waals surface area contributed by atoms with Crippen LogP contribution in [0.5, 0.6) is 0 Å². The number of aryl methyl sites for hydroxylation is 1. The van der Waals surface area contributed by atoms with Crippen LogP contribution in [0.15, 0.2) is 12.3 Å². The number of anilines is 1. The van der Waals surface area contributed by atoms with Gasteiger partial charge < -0.3 is 10.2 Å². The van der Waals surface area contributed by atoms with E-state index in [-0.39, 0.29) is 11.8 Å². The third kappa shape index (κ3) is 4.01. The van der Waals surface area contributed by atoms with Crippen molar-refractivity contribution < 1.29 is 4.79 Å². The van der Waals surface area contributed by atoms with Gasteiger partial charge in [-0.15, -0.1) is 0 Å². The van der Waals surface area contributed by atoms with Crippen LogP contribution in [-0.2, 0) is 4.79 Å². The zero-order valence-corrected chi connectivity index (χ0v) is 14.3. The van der Waals surface area contributed by atoms with Crippen molar-refractivity contribution in [1.29, 1.82) is 0 Å². The van der Waals surface area contributed by atoms with Crippen LogP contribution < -0.4 is 10.2 Å². The molecular weight excluding hydrogens is 288 g/mol. The van der Waals surface area contributed by atoms with Crippen LogP contribution in [0.4, 0.5) is 5.95 Å². The number of carbonyl (C=O) groups excluding carboxylic acids is 1. The first-order valence-corrected chi connectivity index (χ1v) is 8.98. The molecule has 5 heteroatoms. The van der Waals surface area contributed by atoms with Gasteiger partial charge in [-0.25, -0.2) is 9.97 Å². The Morgan fingerprint density at radius 3 is 2.87 bits per heavy atom. The highest BCUT2D eigenvalue weighted by molar-refractivity contribution is 5.79. The van der Waals surface area contributed by atoms with Gasteiger partial charge in [0.2, 0.25) is 11.9 Å². The predicted molar refractivity (Wildman–Crippen MR) is 91.3 cm³/mol. The Morgan fingerprint density at radius 1 is 1.26 bits per heavy atom. The maximum atomic E-state index is 12.7. The molecule has 2 aliphatic rings. The molecule has 1 N–H and O–H groups in total. The van der Waals surface area contributed by atoms with Crippen LogP contribution in [0.1, 0.15) is 51.1 Å². The molecule has 0 aromatic carbocycles. The van der Waals surface area contributed by atoms with Gasteiger partial charge in [-0.3, -0.25) is 4.79 Å². The van der Waals surface area contributed by atoms with Gasteiger partial charge in [0, 0.05) is 31.0 Å². The fourth-order valence-electron chi connectivity index (χ4n) is 3.79. The first-order chi connectivity index (χ1) is 11.1. The van der Waals surface area contributed by atoms with Crippen LogP contribution in [0.2, 0.25) is 0 Å². The molecule has 1 aromatic rings. The van der Waals surface area contributed by atoms with Crippen LogP contribution in [-0.4, -0.2) is 35.0 Å². The van der Waals surface area contributed by atoms with E-state index in [1.165, 1.54) is 19.3 Å². The summed E-state index contributed by atoms with van der Waals surface area (Å²) in [5.74, 6) is 1.64. The maximum Gasteiger partial charge on any atom is 0.225 e. The lowest BCUT2D eigenvalue weighted by Gasteiger charge is -2.35. The molecule has 1 saturated carbocycles. The molecule has 0 unspecified atom stereocenters. The maximum absolute atomic E-state index is 12.7. The molecule has 2 heterocycles. The summed E-state index contributed by atoms with van der Waals surface area (Å²) >= 11 is 0. The molecular formula is C18H28N4O. The fraction of sp³-hybridized carbons (Fsp3) is 0.722. The Labute approximate surface area is 138 Å². The largest absolute Gasteiger partial charge is 0.353 e. The first kappa shape index (κ1) is 16.2. The quantitative estimate of drug-likeness (QED) is 0.931. The molecule has 1 aliphatic heterocycles. The highest BCUT2D eigenvalue weighted by atomic mass is 16.2. The predicted octanol–water partition coefficient (Wildman–Crippen LogP) is 2.70. The van der Waals surface area contributed by atoms with Gasteiger partial charge >= 0.3 is 0 Å². The van der Waals surface area contributed by atoms with Gasteiger partial charge in [0.25, 0.3) is 0 Å². The van der Waals surface area contributed by atoms with E-state index in [1.54, 1.807) is 6.20 Å². The summed E-state index contributed by atoms with van der Waals surface area (Å²) in [5, 5.41) is 3.32. The van der Waals surface area contributed by atoms with Gasteiger partial charge in [-0.05, 0) is 44.6 Å². The molecule has 2 fully saturated rings. The average molecular weight is 316 g/mol. The topological polar surface area (TPSA) is 58.1 Å². The number of nitrogens with zero attached hydrogens (tertiary/aromatic N) is 3. The molecule has 3 rings (SSSR count). The lowest BCUT2D eigenvalue weighted by atomic mass is 9.85. The van der Waals surface area contributed by atoms with Crippen molar-refractivity contribution in [2.45, 2.75) is 58.4 Å². The van der Waals surface area contributed by atoms with Crippen molar-refractivity contribution in [3.05, 3.63) is 18.0 Å². The minimum atomic E-state index is 0.0574. The smallest absolute Gasteiger partial charge is 0.225 e. The molecule has 3 atom stereocenters. The molecule has 0 radical (unpaired) electrons. The fourth-order valence-corrected chi connectivity index (χ4v) is 3.79. The van der Waals surface area contributed by atoms with Gasteiger partial charge in [0.1, 0.15) is 0 Å². The van der Waals surface area contributed by atoms with Crippen molar-refractivity contribution in [3.8, 4) is 0 Å². The molecule has 1 aliphatic carbocycles. The normalized spacial score (nSPS) is 28.4. The van der Waals surface area contributed by atoms with E-state index in [4.69, 9.17) is 0 Å². The Balaban J connectivity index is 1.60. The van der Waals surface area contributed by atoms with Crippen molar-refractivity contribution >= 4 is 11.9 Å². The standard InChI is InChI=1S/C18H28N4O/c1-13-6-3-4-8-16(13)21-17(23)15-7-5-11-22(12-15)18-19-10-9-14(2)20-18/h9-10,13,15-16H,3-8,11-12H2,1-2H3,(H,21,23)/t13-,15+,16+/m1/s1. The average Bonchev–Trinajstić information content (AvgIpc) is 2.57. The van der Waals surface area contributed by atoms with Crippen LogP contribution in [0, 0.1) is 18.8 Å². The highest BCUT2D eigenvalue weighted by Gasteiger charge is 2.30. The third-order valence-corrected chi connectivity index (χ3v) is 5.30. The van der Waals surface area contributed by atoms with Crippen LogP contribution in [0.3, 0.4) is 0 Å². The lowest BCUT2D eigenvalue weighted by molar-refractivity contribution is -0.126. The van der Waals surface area contributed by atoms with E-state index >= 15 is 0 Å². The summed E-state index contributed by atoms with van der Waals surface area (Å²) in [6.07, 6.45) is 8.69. The van der Waals surface area contributed by atoms with Crippen molar-refractivity contribution in [2.24, 2.45) is 11.8 Å². The third-order valence-electron chi connectivity index (χ3n) is 5.30. The summed E-state index contributed by atoms with van der Waals surface area (Å²) < 4.78 is 0. The number of amides is 1. The van der Waals surface area contributed by atoms with Crippen LogP contribution in [0.25, 0.3) is 0 Å². The minimum absolute atomic E-state index is 0.0574. The molecule has 126 valence electrons. The summed E-state index contributed by atoms with van der Waals surface area (Å²) in [7, 11) is 0. The number of aromatic nitrogens is 2. The van der Waals surface area contributed by atoms with Gasteiger partial charge in [0.15, 0.2) is 0 Å². The van der Waals surface area contributed by atoms with E-state index in [1.807, 2.05) is 13.0 Å². The monoisotopic (exact) mass is 316 g/mol. The molecule has 23 heavy (non-hydrogen) atoms.